The van der Waals surface area contributed by atoms with E-state index in [0.29, 0.717) is 26.2 Å². The number of hydrogen-bond acceptors (Lipinski definition) is 4. The highest BCUT2D eigenvalue weighted by Gasteiger charge is 2.28. The molecule has 1 aromatic carbocycles. The number of nitrogens with two attached hydrogens (primary N) is 1. The van der Waals surface area contributed by atoms with Gasteiger partial charge in [0.15, 0.2) is 0 Å². The predicted molar refractivity (Wildman–Crippen MR) is 76.3 cm³/mol. The zero-order valence-corrected chi connectivity index (χ0v) is 12.4. The standard InChI is InChI=1S/C13H20FN3O2S/c1-2-3-16-4-6-17(7-5-16)20(18,19)13-9-11(14)8-12(15)10-13/h8-10H,2-7,15H2,1H3. The first-order valence-electron chi connectivity index (χ1n) is 6.72. The van der Waals surface area contributed by atoms with Gasteiger partial charge in [-0.15, -0.1) is 0 Å². The van der Waals surface area contributed by atoms with E-state index in [4.69, 9.17) is 5.73 Å². The Morgan fingerprint density at radius 3 is 2.40 bits per heavy atom. The summed E-state index contributed by atoms with van der Waals surface area (Å²) in [6.45, 7) is 5.34. The molecule has 0 atom stereocenters. The highest BCUT2D eigenvalue weighted by atomic mass is 32.2. The summed E-state index contributed by atoms with van der Waals surface area (Å²) in [6.07, 6.45) is 1.05. The molecule has 0 spiro atoms. The van der Waals surface area contributed by atoms with Crippen LogP contribution in [-0.4, -0.2) is 50.3 Å². The number of benzene rings is 1. The molecule has 0 aliphatic carbocycles. The van der Waals surface area contributed by atoms with E-state index < -0.39 is 15.8 Å². The summed E-state index contributed by atoms with van der Waals surface area (Å²) in [5, 5.41) is 0. The third-order valence-corrected chi connectivity index (χ3v) is 5.28. The Labute approximate surface area is 119 Å². The maximum Gasteiger partial charge on any atom is 0.243 e. The van der Waals surface area contributed by atoms with E-state index in [1.54, 1.807) is 0 Å². The van der Waals surface area contributed by atoms with Crippen molar-refractivity contribution >= 4 is 15.7 Å². The van der Waals surface area contributed by atoms with Crippen LogP contribution in [0.4, 0.5) is 10.1 Å². The van der Waals surface area contributed by atoms with Crippen molar-refractivity contribution in [3.05, 3.63) is 24.0 Å². The first-order valence-corrected chi connectivity index (χ1v) is 8.16. The fraction of sp³-hybridized carbons (Fsp3) is 0.538. The second kappa shape index (κ2) is 6.07. The van der Waals surface area contributed by atoms with Gasteiger partial charge in [0.2, 0.25) is 10.0 Å². The minimum Gasteiger partial charge on any atom is -0.399 e. The summed E-state index contributed by atoms with van der Waals surface area (Å²) in [4.78, 5) is 2.16. The van der Waals surface area contributed by atoms with Crippen molar-refractivity contribution in [3.63, 3.8) is 0 Å². The van der Waals surface area contributed by atoms with Gasteiger partial charge in [-0.3, -0.25) is 0 Å². The lowest BCUT2D eigenvalue weighted by molar-refractivity contribution is 0.188. The van der Waals surface area contributed by atoms with Crippen LogP contribution in [0.15, 0.2) is 23.1 Å². The first-order chi connectivity index (χ1) is 9.43. The monoisotopic (exact) mass is 301 g/mol. The Morgan fingerprint density at radius 2 is 1.85 bits per heavy atom. The van der Waals surface area contributed by atoms with Crippen LogP contribution >= 0.6 is 0 Å². The molecule has 2 N–H and O–H groups in total. The molecule has 0 amide bonds. The van der Waals surface area contributed by atoms with E-state index in [1.807, 2.05) is 0 Å². The largest absolute Gasteiger partial charge is 0.399 e. The van der Waals surface area contributed by atoms with Gasteiger partial charge in [-0.25, -0.2) is 12.8 Å². The van der Waals surface area contributed by atoms with Crippen molar-refractivity contribution in [2.45, 2.75) is 18.2 Å². The van der Waals surface area contributed by atoms with Crippen LogP contribution in [-0.2, 0) is 10.0 Å². The molecule has 20 heavy (non-hydrogen) atoms. The van der Waals surface area contributed by atoms with Gasteiger partial charge in [-0.05, 0) is 31.2 Å². The van der Waals surface area contributed by atoms with Gasteiger partial charge >= 0.3 is 0 Å². The number of hydrogen-bond donors (Lipinski definition) is 1. The zero-order chi connectivity index (χ0) is 14.8. The van der Waals surface area contributed by atoms with Crippen LogP contribution in [0, 0.1) is 5.82 Å². The number of rotatable bonds is 4. The lowest BCUT2D eigenvalue weighted by atomic mass is 10.3. The van der Waals surface area contributed by atoms with Gasteiger partial charge < -0.3 is 10.6 Å². The van der Waals surface area contributed by atoms with Crippen LogP contribution in [0.25, 0.3) is 0 Å². The molecule has 0 bridgehead atoms. The molecule has 1 aromatic rings. The molecule has 0 aromatic heterocycles. The number of nitrogens with zero attached hydrogens (tertiary/aromatic N) is 2. The third-order valence-electron chi connectivity index (χ3n) is 3.40. The van der Waals surface area contributed by atoms with Crippen molar-refractivity contribution in [2.75, 3.05) is 38.5 Å². The minimum atomic E-state index is -3.66. The summed E-state index contributed by atoms with van der Waals surface area (Å²) in [6, 6.07) is 3.43. The summed E-state index contributed by atoms with van der Waals surface area (Å²) in [7, 11) is -3.66. The summed E-state index contributed by atoms with van der Waals surface area (Å²) < 4.78 is 39.6. The molecule has 1 heterocycles. The van der Waals surface area contributed by atoms with Crippen LogP contribution in [0.3, 0.4) is 0 Å². The molecular weight excluding hydrogens is 281 g/mol. The average molecular weight is 301 g/mol. The van der Waals surface area contributed by atoms with Gasteiger partial charge in [-0.2, -0.15) is 4.31 Å². The number of sulfonamides is 1. The van der Waals surface area contributed by atoms with E-state index >= 15 is 0 Å². The molecule has 0 unspecified atom stereocenters. The second-order valence-corrected chi connectivity index (χ2v) is 6.90. The van der Waals surface area contributed by atoms with Gasteiger partial charge in [0, 0.05) is 31.9 Å². The maximum atomic E-state index is 13.3. The predicted octanol–water partition coefficient (Wildman–Crippen LogP) is 1.12. The molecule has 5 nitrogen and oxygen atoms in total. The first kappa shape index (κ1) is 15.2. The smallest absolute Gasteiger partial charge is 0.243 e. The lowest BCUT2D eigenvalue weighted by Crippen LogP contribution is -2.48. The van der Waals surface area contributed by atoms with Crippen LogP contribution in [0.5, 0.6) is 0 Å². The fourth-order valence-corrected chi connectivity index (χ4v) is 3.88. The maximum absolute atomic E-state index is 13.3. The van der Waals surface area contributed by atoms with Crippen LogP contribution in [0.2, 0.25) is 0 Å². The van der Waals surface area contributed by atoms with E-state index in [9.17, 15) is 12.8 Å². The Kier molecular flexibility index (Phi) is 4.62. The van der Waals surface area contributed by atoms with E-state index in [1.165, 1.54) is 10.4 Å². The van der Waals surface area contributed by atoms with Crippen LogP contribution in [0.1, 0.15) is 13.3 Å². The third kappa shape index (κ3) is 3.28. The van der Waals surface area contributed by atoms with Gasteiger partial charge in [0.05, 0.1) is 4.90 Å². The minimum absolute atomic E-state index is 0.0704. The molecule has 1 fully saturated rings. The van der Waals surface area contributed by atoms with Crippen LogP contribution < -0.4 is 5.73 Å². The molecule has 0 radical (unpaired) electrons. The van der Waals surface area contributed by atoms with E-state index in [0.717, 1.165) is 25.1 Å². The lowest BCUT2D eigenvalue weighted by Gasteiger charge is -2.33. The topological polar surface area (TPSA) is 66.6 Å². The molecule has 2 rings (SSSR count). The zero-order valence-electron chi connectivity index (χ0n) is 11.5. The molecular formula is C13H20FN3O2S. The van der Waals surface area contributed by atoms with Crippen molar-refractivity contribution in [1.29, 1.82) is 0 Å². The van der Waals surface area contributed by atoms with Crippen molar-refractivity contribution < 1.29 is 12.8 Å². The number of anilines is 1. The normalized spacial score (nSPS) is 18.3. The van der Waals surface area contributed by atoms with Gasteiger partial charge in [0.25, 0.3) is 0 Å². The highest BCUT2D eigenvalue weighted by Crippen LogP contribution is 2.21. The number of halogens is 1. The Hall–Kier alpha value is -1.18. The fourth-order valence-electron chi connectivity index (χ4n) is 2.39. The van der Waals surface area contributed by atoms with Gasteiger partial charge in [0.1, 0.15) is 5.82 Å². The second-order valence-electron chi connectivity index (χ2n) is 4.97. The van der Waals surface area contributed by atoms with Crippen molar-refractivity contribution in [1.82, 2.24) is 9.21 Å². The van der Waals surface area contributed by atoms with Gasteiger partial charge in [-0.1, -0.05) is 6.92 Å². The Morgan fingerprint density at radius 1 is 1.20 bits per heavy atom. The molecule has 7 heteroatoms. The molecule has 112 valence electrons. The Bertz CT molecular complexity index is 549. The summed E-state index contributed by atoms with van der Waals surface area (Å²) in [5.41, 5.74) is 5.63. The molecule has 1 aliphatic rings. The number of piperazine rings is 1. The molecule has 0 saturated carbocycles. The average Bonchev–Trinajstić information content (AvgIpc) is 2.38. The molecule has 1 saturated heterocycles. The number of nitrogen functional groups attached to an aromatic ring is 1. The van der Waals surface area contributed by atoms with E-state index in [-0.39, 0.29) is 10.6 Å². The van der Waals surface area contributed by atoms with Crippen molar-refractivity contribution in [2.24, 2.45) is 0 Å². The SMILES string of the molecule is CCCN1CCN(S(=O)(=O)c2cc(N)cc(F)c2)CC1. The highest BCUT2D eigenvalue weighted by molar-refractivity contribution is 7.89. The molecule has 1 aliphatic heterocycles. The summed E-state index contributed by atoms with van der Waals surface area (Å²) >= 11 is 0. The van der Waals surface area contributed by atoms with Crippen molar-refractivity contribution in [3.8, 4) is 0 Å². The van der Waals surface area contributed by atoms with E-state index in [2.05, 4.69) is 11.8 Å². The summed E-state index contributed by atoms with van der Waals surface area (Å²) in [5.74, 6) is -0.631. The Balaban J connectivity index is 2.15. The quantitative estimate of drug-likeness (QED) is 0.847.